The van der Waals surface area contributed by atoms with Crippen LogP contribution in [0.3, 0.4) is 0 Å². The molecular formula is C18H42N4. The highest BCUT2D eigenvalue weighted by Gasteiger charge is 1.94. The molecule has 0 atom stereocenters. The number of hydrogen-bond acceptors (Lipinski definition) is 4. The van der Waals surface area contributed by atoms with Crippen molar-refractivity contribution in [3.05, 3.63) is 0 Å². The van der Waals surface area contributed by atoms with Gasteiger partial charge >= 0.3 is 0 Å². The summed E-state index contributed by atoms with van der Waals surface area (Å²) in [5.74, 6) is 0. The van der Waals surface area contributed by atoms with Crippen LogP contribution in [-0.2, 0) is 0 Å². The molecule has 0 saturated heterocycles. The summed E-state index contributed by atoms with van der Waals surface area (Å²) in [5, 5.41) is 10.5. The first-order chi connectivity index (χ1) is 10.8. The number of hydrogen-bond donors (Lipinski definition) is 4. The van der Waals surface area contributed by atoms with Gasteiger partial charge in [0, 0.05) is 6.04 Å². The Bertz CT molecular complexity index is 198. The lowest BCUT2D eigenvalue weighted by Gasteiger charge is -2.08. The second-order valence-corrected chi connectivity index (χ2v) is 6.58. The molecule has 0 unspecified atom stereocenters. The minimum absolute atomic E-state index is 0.624. The van der Waals surface area contributed by atoms with Crippen molar-refractivity contribution in [1.82, 2.24) is 16.0 Å². The summed E-state index contributed by atoms with van der Waals surface area (Å²) in [6.45, 7) is 11.1. The Morgan fingerprint density at radius 1 is 0.591 bits per heavy atom. The van der Waals surface area contributed by atoms with Crippen molar-refractivity contribution in [2.45, 2.75) is 77.7 Å². The maximum absolute atomic E-state index is 5.47. The van der Waals surface area contributed by atoms with Crippen LogP contribution < -0.4 is 21.7 Å². The quantitative estimate of drug-likeness (QED) is 0.294. The molecule has 0 heterocycles. The normalized spacial score (nSPS) is 11.5. The lowest BCUT2D eigenvalue weighted by Crippen LogP contribution is -2.24. The van der Waals surface area contributed by atoms with Crippen LogP contribution in [0.15, 0.2) is 0 Å². The van der Waals surface area contributed by atoms with Gasteiger partial charge in [-0.25, -0.2) is 0 Å². The van der Waals surface area contributed by atoms with Crippen molar-refractivity contribution in [3.8, 4) is 0 Å². The summed E-state index contributed by atoms with van der Waals surface area (Å²) in [4.78, 5) is 0. The van der Waals surface area contributed by atoms with Gasteiger partial charge in [-0.15, -0.1) is 0 Å². The molecule has 0 amide bonds. The van der Waals surface area contributed by atoms with Crippen LogP contribution in [0, 0.1) is 0 Å². The Morgan fingerprint density at radius 2 is 1.00 bits per heavy atom. The van der Waals surface area contributed by atoms with Gasteiger partial charge in [0.25, 0.3) is 0 Å². The average Bonchev–Trinajstić information content (AvgIpc) is 2.50. The third-order valence-electron chi connectivity index (χ3n) is 3.85. The van der Waals surface area contributed by atoms with Crippen molar-refractivity contribution in [2.24, 2.45) is 5.73 Å². The lowest BCUT2D eigenvalue weighted by molar-refractivity contribution is 0.525. The smallest absolute Gasteiger partial charge is 0.00103 e. The van der Waals surface area contributed by atoms with Crippen molar-refractivity contribution >= 4 is 0 Å². The summed E-state index contributed by atoms with van der Waals surface area (Å²) < 4.78 is 0. The van der Waals surface area contributed by atoms with Gasteiger partial charge in [0.2, 0.25) is 0 Å². The van der Waals surface area contributed by atoms with Crippen molar-refractivity contribution in [3.63, 3.8) is 0 Å². The van der Waals surface area contributed by atoms with Crippen LogP contribution in [0.25, 0.3) is 0 Å². The second kappa shape index (κ2) is 18.9. The summed E-state index contributed by atoms with van der Waals surface area (Å²) in [6, 6.07) is 0.624. The molecule has 0 aliphatic heterocycles. The molecule has 0 spiro atoms. The van der Waals surface area contributed by atoms with E-state index in [1.807, 2.05) is 0 Å². The van der Waals surface area contributed by atoms with E-state index in [1.165, 1.54) is 77.4 Å². The molecule has 0 bridgehead atoms. The van der Waals surface area contributed by atoms with Gasteiger partial charge < -0.3 is 21.7 Å². The van der Waals surface area contributed by atoms with Gasteiger partial charge in [-0.1, -0.05) is 33.1 Å². The van der Waals surface area contributed by atoms with Gasteiger partial charge in [0.05, 0.1) is 0 Å². The van der Waals surface area contributed by atoms with Crippen LogP contribution in [0.4, 0.5) is 0 Å². The van der Waals surface area contributed by atoms with Crippen LogP contribution in [-0.4, -0.2) is 45.3 Å². The molecule has 134 valence electrons. The highest BCUT2D eigenvalue weighted by atomic mass is 14.9. The Morgan fingerprint density at radius 3 is 1.41 bits per heavy atom. The highest BCUT2D eigenvalue weighted by molar-refractivity contribution is 4.55. The zero-order valence-corrected chi connectivity index (χ0v) is 15.3. The molecule has 0 aromatic rings. The van der Waals surface area contributed by atoms with Crippen LogP contribution >= 0.6 is 0 Å². The van der Waals surface area contributed by atoms with Crippen LogP contribution in [0.1, 0.15) is 71.6 Å². The molecule has 4 heteroatoms. The molecule has 22 heavy (non-hydrogen) atoms. The van der Waals surface area contributed by atoms with Gasteiger partial charge in [-0.05, 0) is 77.8 Å². The molecule has 0 aromatic heterocycles. The van der Waals surface area contributed by atoms with Crippen molar-refractivity contribution in [1.29, 1.82) is 0 Å². The fourth-order valence-corrected chi connectivity index (χ4v) is 2.44. The van der Waals surface area contributed by atoms with Crippen LogP contribution in [0.5, 0.6) is 0 Å². The molecular weight excluding hydrogens is 272 g/mol. The Balaban J connectivity index is 2.94. The number of nitrogens with one attached hydrogen (secondary N) is 3. The van der Waals surface area contributed by atoms with Gasteiger partial charge in [-0.2, -0.15) is 0 Å². The van der Waals surface area contributed by atoms with E-state index in [9.17, 15) is 0 Å². The molecule has 5 N–H and O–H groups in total. The molecule has 0 rings (SSSR count). The summed E-state index contributed by atoms with van der Waals surface area (Å²) in [6.07, 6.45) is 11.6. The molecule has 0 fully saturated rings. The topological polar surface area (TPSA) is 62.1 Å². The van der Waals surface area contributed by atoms with Crippen LogP contribution in [0.2, 0.25) is 0 Å². The average molecular weight is 315 g/mol. The molecule has 0 aliphatic rings. The van der Waals surface area contributed by atoms with E-state index < -0.39 is 0 Å². The van der Waals surface area contributed by atoms with E-state index >= 15 is 0 Å². The number of unbranched alkanes of at least 4 members (excludes halogenated alkanes) is 6. The van der Waals surface area contributed by atoms with E-state index in [4.69, 9.17) is 5.73 Å². The largest absolute Gasteiger partial charge is 0.330 e. The first-order valence-electron chi connectivity index (χ1n) is 9.62. The second-order valence-electron chi connectivity index (χ2n) is 6.58. The first kappa shape index (κ1) is 21.8. The maximum Gasteiger partial charge on any atom is 0.00103 e. The standard InChI is InChI=1S/C18H42N4/c1-18(2)22-17-11-5-10-16-21-15-9-4-8-14-20-13-7-3-6-12-19/h18,20-22H,3-17,19H2,1-2H3. The highest BCUT2D eigenvalue weighted by Crippen LogP contribution is 1.96. The third-order valence-corrected chi connectivity index (χ3v) is 3.85. The number of nitrogens with two attached hydrogens (primary N) is 1. The number of rotatable bonds is 18. The zero-order chi connectivity index (χ0) is 16.3. The summed E-state index contributed by atoms with van der Waals surface area (Å²) >= 11 is 0. The predicted molar refractivity (Wildman–Crippen MR) is 99.5 cm³/mol. The predicted octanol–water partition coefficient (Wildman–Crippen LogP) is 2.63. The Hall–Kier alpha value is -0.160. The van der Waals surface area contributed by atoms with E-state index in [0.717, 1.165) is 19.6 Å². The third kappa shape index (κ3) is 19.8. The summed E-state index contributed by atoms with van der Waals surface area (Å²) in [5.41, 5.74) is 5.47. The maximum atomic E-state index is 5.47. The van der Waals surface area contributed by atoms with E-state index in [-0.39, 0.29) is 0 Å². The van der Waals surface area contributed by atoms with Crippen molar-refractivity contribution < 1.29 is 0 Å². The fraction of sp³-hybridized carbons (Fsp3) is 1.00. The fourth-order valence-electron chi connectivity index (χ4n) is 2.44. The van der Waals surface area contributed by atoms with E-state index in [2.05, 4.69) is 29.8 Å². The Labute approximate surface area is 139 Å². The van der Waals surface area contributed by atoms with Gasteiger partial charge in [-0.3, -0.25) is 0 Å². The monoisotopic (exact) mass is 314 g/mol. The minimum Gasteiger partial charge on any atom is -0.330 e. The molecule has 0 radical (unpaired) electrons. The molecule has 4 nitrogen and oxygen atoms in total. The summed E-state index contributed by atoms with van der Waals surface area (Å²) in [7, 11) is 0. The van der Waals surface area contributed by atoms with Gasteiger partial charge in [0.1, 0.15) is 0 Å². The van der Waals surface area contributed by atoms with Gasteiger partial charge in [0.15, 0.2) is 0 Å². The van der Waals surface area contributed by atoms with E-state index in [1.54, 1.807) is 0 Å². The van der Waals surface area contributed by atoms with E-state index in [0.29, 0.717) is 6.04 Å². The SMILES string of the molecule is CC(C)NCCCCCNCCCCCNCCCCCN. The van der Waals surface area contributed by atoms with Crippen molar-refractivity contribution in [2.75, 3.05) is 39.3 Å². The lowest BCUT2D eigenvalue weighted by atomic mass is 10.2. The molecule has 0 saturated carbocycles. The Kier molecular flexibility index (Phi) is 18.8. The molecule has 0 aromatic carbocycles. The zero-order valence-electron chi connectivity index (χ0n) is 15.3. The first-order valence-corrected chi connectivity index (χ1v) is 9.62. The minimum atomic E-state index is 0.624. The molecule has 0 aliphatic carbocycles.